The van der Waals surface area contributed by atoms with E-state index in [1.165, 1.54) is 12.5 Å². The molecule has 3 aromatic rings. The molecule has 1 N–H and O–H groups in total. The maximum absolute atomic E-state index is 13.6. The molecule has 2 heterocycles. The number of fused-ring (bicyclic) bond motifs is 1. The highest BCUT2D eigenvalue weighted by atomic mass is 19.1. The fourth-order valence-electron chi connectivity index (χ4n) is 2.04. The fraction of sp³-hybridized carbons (Fsp3) is 0.143. The summed E-state index contributed by atoms with van der Waals surface area (Å²) in [7, 11) is 0. The molecule has 3 rings (SSSR count). The lowest BCUT2D eigenvalue weighted by Crippen LogP contribution is -2.27. The van der Waals surface area contributed by atoms with Crippen molar-refractivity contribution in [3.63, 3.8) is 0 Å². The molecule has 0 aliphatic heterocycles. The maximum atomic E-state index is 13.6. The second-order valence-electron chi connectivity index (χ2n) is 4.51. The number of hydrogen-bond acceptors (Lipinski definition) is 5. The molecule has 0 saturated carbocycles. The van der Waals surface area contributed by atoms with E-state index in [-0.39, 0.29) is 5.56 Å². The molecular formula is C14H11FN4O2. The van der Waals surface area contributed by atoms with Gasteiger partial charge in [-0.15, -0.1) is 0 Å². The molecule has 0 aliphatic carbocycles. The van der Waals surface area contributed by atoms with Gasteiger partial charge in [-0.2, -0.15) is 4.98 Å². The van der Waals surface area contributed by atoms with Crippen molar-refractivity contribution >= 4 is 16.8 Å². The lowest BCUT2D eigenvalue weighted by Gasteiger charge is -2.11. The van der Waals surface area contributed by atoms with Crippen LogP contribution in [0.25, 0.3) is 10.9 Å². The van der Waals surface area contributed by atoms with Crippen LogP contribution in [-0.4, -0.2) is 21.0 Å². The Morgan fingerprint density at radius 2 is 2.24 bits per heavy atom. The van der Waals surface area contributed by atoms with E-state index in [4.69, 9.17) is 0 Å². The van der Waals surface area contributed by atoms with Crippen LogP contribution in [0.15, 0.2) is 41.4 Å². The smallest absolute Gasteiger partial charge is 0.254 e. The van der Waals surface area contributed by atoms with E-state index in [2.05, 4.69) is 25.0 Å². The van der Waals surface area contributed by atoms with Crippen molar-refractivity contribution in [2.45, 2.75) is 13.0 Å². The molecule has 106 valence electrons. The number of amides is 1. The Hall–Kier alpha value is -2.83. The Labute approximate surface area is 119 Å². The van der Waals surface area contributed by atoms with E-state index >= 15 is 0 Å². The molecule has 6 nitrogen and oxygen atoms in total. The van der Waals surface area contributed by atoms with Crippen LogP contribution in [0.3, 0.4) is 0 Å². The van der Waals surface area contributed by atoms with Gasteiger partial charge in [0.1, 0.15) is 5.82 Å². The first-order chi connectivity index (χ1) is 10.1. The lowest BCUT2D eigenvalue weighted by atomic mass is 10.1. The Kier molecular flexibility index (Phi) is 3.31. The molecule has 1 unspecified atom stereocenters. The predicted molar refractivity (Wildman–Crippen MR) is 71.9 cm³/mol. The minimum absolute atomic E-state index is 0.168. The molecule has 0 radical (unpaired) electrons. The van der Waals surface area contributed by atoms with Gasteiger partial charge in [0.05, 0.1) is 17.1 Å². The third-order valence-corrected chi connectivity index (χ3v) is 3.03. The zero-order valence-corrected chi connectivity index (χ0v) is 11.1. The van der Waals surface area contributed by atoms with Crippen molar-refractivity contribution in [2.75, 3.05) is 0 Å². The van der Waals surface area contributed by atoms with Gasteiger partial charge in [0, 0.05) is 11.6 Å². The third kappa shape index (κ3) is 2.58. The van der Waals surface area contributed by atoms with Crippen molar-refractivity contribution < 1.29 is 13.7 Å². The van der Waals surface area contributed by atoms with Crippen molar-refractivity contribution in [3.05, 3.63) is 54.1 Å². The molecule has 2 aromatic heterocycles. The van der Waals surface area contributed by atoms with Gasteiger partial charge < -0.3 is 9.84 Å². The summed E-state index contributed by atoms with van der Waals surface area (Å²) >= 11 is 0. The number of benzene rings is 1. The SMILES string of the molecule is CC(NC(=O)c1cc(F)cc2cccnc12)c1ncon1. The zero-order chi connectivity index (χ0) is 14.8. The number of nitrogens with one attached hydrogen (secondary N) is 1. The van der Waals surface area contributed by atoms with Gasteiger partial charge in [-0.3, -0.25) is 9.78 Å². The number of carbonyl (C=O) groups excluding carboxylic acids is 1. The average molecular weight is 286 g/mol. The highest BCUT2D eigenvalue weighted by Crippen LogP contribution is 2.19. The number of nitrogens with zero attached hydrogens (tertiary/aromatic N) is 3. The Morgan fingerprint density at radius 3 is 3.00 bits per heavy atom. The zero-order valence-electron chi connectivity index (χ0n) is 11.1. The van der Waals surface area contributed by atoms with Gasteiger partial charge in [0.25, 0.3) is 5.91 Å². The predicted octanol–water partition coefficient (Wildman–Crippen LogP) is 2.25. The van der Waals surface area contributed by atoms with Gasteiger partial charge in [0.15, 0.2) is 5.82 Å². The van der Waals surface area contributed by atoms with Gasteiger partial charge in [-0.1, -0.05) is 11.2 Å². The lowest BCUT2D eigenvalue weighted by molar-refractivity contribution is 0.0939. The summed E-state index contributed by atoms with van der Waals surface area (Å²) in [4.78, 5) is 20.3. The molecule has 1 amide bonds. The van der Waals surface area contributed by atoms with Gasteiger partial charge in [-0.05, 0) is 25.1 Å². The summed E-state index contributed by atoms with van der Waals surface area (Å²) in [6.45, 7) is 1.71. The summed E-state index contributed by atoms with van der Waals surface area (Å²) in [5.41, 5.74) is 0.609. The van der Waals surface area contributed by atoms with Crippen LogP contribution in [0.2, 0.25) is 0 Å². The van der Waals surface area contributed by atoms with E-state index < -0.39 is 17.8 Å². The number of pyridine rings is 1. The molecule has 21 heavy (non-hydrogen) atoms. The van der Waals surface area contributed by atoms with Gasteiger partial charge in [-0.25, -0.2) is 4.39 Å². The first-order valence-electron chi connectivity index (χ1n) is 6.26. The van der Waals surface area contributed by atoms with Crippen molar-refractivity contribution in [3.8, 4) is 0 Å². The van der Waals surface area contributed by atoms with Crippen LogP contribution >= 0.6 is 0 Å². The Morgan fingerprint density at radius 1 is 1.38 bits per heavy atom. The van der Waals surface area contributed by atoms with E-state index in [9.17, 15) is 9.18 Å². The summed E-state index contributed by atoms with van der Waals surface area (Å²) < 4.78 is 18.2. The molecule has 0 spiro atoms. The molecule has 0 bridgehead atoms. The fourth-order valence-corrected chi connectivity index (χ4v) is 2.04. The van der Waals surface area contributed by atoms with Crippen LogP contribution in [0.1, 0.15) is 29.1 Å². The van der Waals surface area contributed by atoms with E-state index in [1.807, 2.05) is 0 Å². The largest absolute Gasteiger partial charge is 0.343 e. The Balaban J connectivity index is 1.94. The van der Waals surface area contributed by atoms with Crippen LogP contribution in [0.4, 0.5) is 4.39 Å². The van der Waals surface area contributed by atoms with Crippen molar-refractivity contribution in [1.82, 2.24) is 20.4 Å². The summed E-state index contributed by atoms with van der Waals surface area (Å²) in [6.07, 6.45) is 2.73. The number of rotatable bonds is 3. The normalized spacial score (nSPS) is 12.3. The molecule has 7 heteroatoms. The molecule has 0 fully saturated rings. The number of aromatic nitrogens is 3. The van der Waals surface area contributed by atoms with Gasteiger partial charge >= 0.3 is 0 Å². The molecular weight excluding hydrogens is 275 g/mol. The van der Waals surface area contributed by atoms with E-state index in [1.54, 1.807) is 25.3 Å². The highest BCUT2D eigenvalue weighted by Gasteiger charge is 2.18. The Bertz CT molecular complexity index is 789. The highest BCUT2D eigenvalue weighted by molar-refractivity contribution is 6.05. The second-order valence-corrected chi connectivity index (χ2v) is 4.51. The minimum atomic E-state index is -0.493. The first-order valence-corrected chi connectivity index (χ1v) is 6.26. The third-order valence-electron chi connectivity index (χ3n) is 3.03. The van der Waals surface area contributed by atoms with E-state index in [0.717, 1.165) is 6.07 Å². The maximum Gasteiger partial charge on any atom is 0.254 e. The topological polar surface area (TPSA) is 80.9 Å². The molecule has 1 aromatic carbocycles. The minimum Gasteiger partial charge on any atom is -0.343 e. The summed E-state index contributed by atoms with van der Waals surface area (Å²) in [5.74, 6) is -0.597. The van der Waals surface area contributed by atoms with Crippen LogP contribution in [0, 0.1) is 5.82 Å². The van der Waals surface area contributed by atoms with Crippen LogP contribution in [0.5, 0.6) is 0 Å². The van der Waals surface area contributed by atoms with Crippen LogP contribution < -0.4 is 5.32 Å². The first kappa shape index (κ1) is 13.2. The average Bonchev–Trinajstić information content (AvgIpc) is 3.00. The number of halogens is 1. The molecule has 0 aliphatic rings. The number of carbonyl (C=O) groups is 1. The molecule has 0 saturated heterocycles. The van der Waals surface area contributed by atoms with Crippen molar-refractivity contribution in [1.29, 1.82) is 0 Å². The summed E-state index contributed by atoms with van der Waals surface area (Å²) in [6, 6.07) is 5.42. The number of hydrogen-bond donors (Lipinski definition) is 1. The van der Waals surface area contributed by atoms with E-state index in [0.29, 0.717) is 16.7 Å². The second kappa shape index (κ2) is 5.28. The summed E-state index contributed by atoms with van der Waals surface area (Å²) in [5, 5.41) is 6.90. The quantitative estimate of drug-likeness (QED) is 0.798. The van der Waals surface area contributed by atoms with Gasteiger partial charge in [0.2, 0.25) is 6.39 Å². The standard InChI is InChI=1S/C14H11FN4O2/c1-8(13-17-7-21-19-13)18-14(20)11-6-10(15)5-9-3-2-4-16-12(9)11/h2-8H,1H3,(H,18,20). The van der Waals surface area contributed by atoms with Crippen LogP contribution in [-0.2, 0) is 0 Å². The molecule has 1 atom stereocenters. The van der Waals surface area contributed by atoms with Crippen molar-refractivity contribution in [2.24, 2.45) is 0 Å². The monoisotopic (exact) mass is 286 g/mol.